The van der Waals surface area contributed by atoms with Crippen LogP contribution in [-0.2, 0) is 19.5 Å². The third-order valence-corrected chi connectivity index (χ3v) is 13.7. The Morgan fingerprint density at radius 2 is 1.76 bits per heavy atom. The molecule has 3 heterocycles. The zero-order chi connectivity index (χ0) is 21.1. The molecule has 4 fully saturated rings. The molecule has 4 nitrogen and oxygen atoms in total. The second-order valence-electron chi connectivity index (χ2n) is 11.7. The molecule has 1 spiro atoms. The fraction of sp³-hybridized carbons (Fsp3) is 0.750. The average Bonchev–Trinajstić information content (AvgIpc) is 2.97. The number of hydrogen-bond donors (Lipinski definition) is 1. The molecule has 2 bridgehead atoms. The van der Waals surface area contributed by atoms with Crippen LogP contribution in [0.1, 0.15) is 59.4 Å². The number of hydrogen-bond acceptors (Lipinski definition) is 4. The summed E-state index contributed by atoms with van der Waals surface area (Å²) in [6.07, 6.45) is 1.95. The van der Waals surface area contributed by atoms with Gasteiger partial charge in [-0.25, -0.2) is 0 Å². The van der Waals surface area contributed by atoms with E-state index in [4.69, 9.17) is 13.9 Å². The lowest BCUT2D eigenvalue weighted by atomic mass is 9.70. The van der Waals surface area contributed by atoms with Gasteiger partial charge < -0.3 is 19.0 Å². The number of benzene rings is 1. The standard InChI is InChI=1S/C24H36O4Si/c1-20(2,3)29(6,7)26-18-15-23(16-11-9-8-10-12-16)19(25)24-17(22(18,5)28-23)13-14-21(24,4)27-24/h8-12,17-19,25H,13-15H2,1-7H3/t17-,18+,19+,21-,22-,23+,24-/m0/s1. The summed E-state index contributed by atoms with van der Waals surface area (Å²) in [4.78, 5) is 0. The van der Waals surface area contributed by atoms with Gasteiger partial charge >= 0.3 is 0 Å². The van der Waals surface area contributed by atoms with Crippen molar-refractivity contribution in [2.75, 3.05) is 0 Å². The Bertz CT molecular complexity index is 835. The molecule has 1 saturated carbocycles. The van der Waals surface area contributed by atoms with Crippen molar-refractivity contribution >= 4 is 8.32 Å². The molecule has 1 aromatic rings. The summed E-state index contributed by atoms with van der Waals surface area (Å²) in [5.74, 6) is 0.157. The van der Waals surface area contributed by atoms with Crippen molar-refractivity contribution in [2.45, 2.75) is 107 Å². The van der Waals surface area contributed by atoms with Gasteiger partial charge in [0.1, 0.15) is 17.3 Å². The highest BCUT2D eigenvalue weighted by molar-refractivity contribution is 6.74. The third kappa shape index (κ3) is 2.29. The van der Waals surface area contributed by atoms with Gasteiger partial charge in [0.25, 0.3) is 0 Å². The zero-order valence-corrected chi connectivity index (χ0v) is 19.9. The van der Waals surface area contributed by atoms with E-state index in [1.54, 1.807) is 0 Å². The van der Waals surface area contributed by atoms with Gasteiger partial charge in [0.05, 0.1) is 17.3 Å². The lowest BCUT2D eigenvalue weighted by Crippen LogP contribution is -2.63. The monoisotopic (exact) mass is 416 g/mol. The smallest absolute Gasteiger partial charge is 0.192 e. The highest BCUT2D eigenvalue weighted by Gasteiger charge is 2.88. The maximum Gasteiger partial charge on any atom is 0.192 e. The number of rotatable bonds is 3. The van der Waals surface area contributed by atoms with Crippen molar-refractivity contribution in [3.8, 4) is 0 Å². The zero-order valence-electron chi connectivity index (χ0n) is 18.9. The van der Waals surface area contributed by atoms with E-state index in [1.807, 2.05) is 18.2 Å². The van der Waals surface area contributed by atoms with Gasteiger partial charge in [0.15, 0.2) is 8.32 Å². The number of aliphatic hydroxyl groups is 1. The second-order valence-corrected chi connectivity index (χ2v) is 16.5. The van der Waals surface area contributed by atoms with Gasteiger partial charge in [0, 0.05) is 12.3 Å². The van der Waals surface area contributed by atoms with Crippen molar-refractivity contribution in [1.82, 2.24) is 0 Å². The predicted molar refractivity (Wildman–Crippen MR) is 115 cm³/mol. The summed E-state index contributed by atoms with van der Waals surface area (Å²) < 4.78 is 20.4. The maximum atomic E-state index is 11.8. The number of fused-ring (bicyclic) bond motifs is 3. The molecule has 29 heavy (non-hydrogen) atoms. The number of aliphatic hydroxyl groups excluding tert-OH is 1. The SMILES string of the molecule is CC(C)(C)[Si](C)(C)O[C@@H]1C[C@]2(c3ccccc3)O[C@@]1(C)[C@@H]1CC[C@]3(C)O[C@]13[C@@H]2O. The van der Waals surface area contributed by atoms with E-state index in [0.717, 1.165) is 18.4 Å². The second kappa shape index (κ2) is 5.55. The van der Waals surface area contributed by atoms with Crippen molar-refractivity contribution < 1.29 is 19.0 Å². The summed E-state index contributed by atoms with van der Waals surface area (Å²) in [6.45, 7) is 15.9. The van der Waals surface area contributed by atoms with E-state index in [2.05, 4.69) is 59.8 Å². The quantitative estimate of drug-likeness (QED) is 0.570. The molecule has 160 valence electrons. The van der Waals surface area contributed by atoms with Gasteiger partial charge in [-0.3, -0.25) is 0 Å². The lowest BCUT2D eigenvalue weighted by Gasteiger charge is -2.51. The van der Waals surface area contributed by atoms with E-state index < -0.39 is 31.2 Å². The van der Waals surface area contributed by atoms with Crippen LogP contribution in [0.2, 0.25) is 18.1 Å². The molecule has 0 aromatic heterocycles. The fourth-order valence-electron chi connectivity index (χ4n) is 6.45. The molecular weight excluding hydrogens is 380 g/mol. The molecule has 4 aliphatic rings. The number of epoxide rings is 1. The van der Waals surface area contributed by atoms with Crippen LogP contribution in [0, 0.1) is 5.92 Å². The third-order valence-electron chi connectivity index (χ3n) is 9.18. The summed E-state index contributed by atoms with van der Waals surface area (Å²) in [6, 6.07) is 10.3. The number of ether oxygens (including phenoxy) is 2. The Kier molecular flexibility index (Phi) is 3.86. The van der Waals surface area contributed by atoms with E-state index in [1.165, 1.54) is 0 Å². The van der Waals surface area contributed by atoms with Gasteiger partial charge in [-0.05, 0) is 50.4 Å². The van der Waals surface area contributed by atoms with Gasteiger partial charge in [0.2, 0.25) is 0 Å². The lowest BCUT2D eigenvalue weighted by molar-refractivity contribution is -0.254. The largest absolute Gasteiger partial charge is 0.411 e. The van der Waals surface area contributed by atoms with Crippen molar-refractivity contribution in [1.29, 1.82) is 0 Å². The Hall–Kier alpha value is -0.723. The van der Waals surface area contributed by atoms with Crippen LogP contribution in [-0.4, -0.2) is 42.4 Å². The predicted octanol–water partition coefficient (Wildman–Crippen LogP) is 4.76. The van der Waals surface area contributed by atoms with Gasteiger partial charge in [-0.1, -0.05) is 51.1 Å². The van der Waals surface area contributed by atoms with Crippen LogP contribution in [0.4, 0.5) is 0 Å². The first kappa shape index (κ1) is 20.2. The van der Waals surface area contributed by atoms with E-state index in [-0.39, 0.29) is 22.7 Å². The molecule has 5 heteroatoms. The first-order valence-corrected chi connectivity index (χ1v) is 14.1. The molecule has 1 aliphatic carbocycles. The minimum Gasteiger partial charge on any atom is -0.411 e. The van der Waals surface area contributed by atoms with E-state index >= 15 is 0 Å². The highest BCUT2D eigenvalue weighted by atomic mass is 28.4. The highest BCUT2D eigenvalue weighted by Crippen LogP contribution is 2.75. The van der Waals surface area contributed by atoms with Crippen LogP contribution >= 0.6 is 0 Å². The van der Waals surface area contributed by atoms with Crippen LogP contribution in [0.15, 0.2) is 30.3 Å². The minimum absolute atomic E-state index is 0.0471. The Balaban J connectivity index is 1.63. The normalized spacial score (nSPS) is 48.3. The molecule has 1 aromatic carbocycles. The van der Waals surface area contributed by atoms with Crippen LogP contribution in [0.3, 0.4) is 0 Å². The van der Waals surface area contributed by atoms with E-state index in [9.17, 15) is 5.11 Å². The Morgan fingerprint density at radius 1 is 1.10 bits per heavy atom. The fourth-order valence-corrected chi connectivity index (χ4v) is 7.83. The Labute approximate surface area is 176 Å². The molecule has 5 rings (SSSR count). The minimum atomic E-state index is -2.01. The molecule has 0 radical (unpaired) electrons. The van der Waals surface area contributed by atoms with Crippen LogP contribution in [0.5, 0.6) is 0 Å². The van der Waals surface area contributed by atoms with Crippen molar-refractivity contribution in [3.63, 3.8) is 0 Å². The summed E-state index contributed by atoms with van der Waals surface area (Å²) in [7, 11) is -2.01. The first-order valence-electron chi connectivity index (χ1n) is 11.1. The first-order chi connectivity index (χ1) is 13.3. The maximum absolute atomic E-state index is 11.8. The molecule has 0 amide bonds. The topological polar surface area (TPSA) is 51.2 Å². The van der Waals surface area contributed by atoms with Crippen molar-refractivity contribution in [3.05, 3.63) is 35.9 Å². The summed E-state index contributed by atoms with van der Waals surface area (Å²) >= 11 is 0. The molecule has 3 saturated heterocycles. The Morgan fingerprint density at radius 3 is 2.34 bits per heavy atom. The van der Waals surface area contributed by atoms with Crippen LogP contribution in [0.25, 0.3) is 0 Å². The van der Waals surface area contributed by atoms with Crippen LogP contribution < -0.4 is 0 Å². The molecule has 7 atom stereocenters. The van der Waals surface area contributed by atoms with E-state index in [0.29, 0.717) is 6.42 Å². The molecule has 3 aliphatic heterocycles. The average molecular weight is 417 g/mol. The van der Waals surface area contributed by atoms with Gasteiger partial charge in [-0.15, -0.1) is 0 Å². The van der Waals surface area contributed by atoms with Crippen molar-refractivity contribution in [2.24, 2.45) is 5.92 Å². The molecule has 0 unspecified atom stereocenters. The summed E-state index contributed by atoms with van der Waals surface area (Å²) in [5.41, 5.74) is -0.951. The molecular formula is C24H36O4Si. The molecule has 1 N–H and O–H groups in total. The summed E-state index contributed by atoms with van der Waals surface area (Å²) in [5, 5.41) is 12.0. The van der Waals surface area contributed by atoms with Gasteiger partial charge in [-0.2, -0.15) is 0 Å².